The van der Waals surface area contributed by atoms with Gasteiger partial charge in [0.15, 0.2) is 0 Å². The lowest BCUT2D eigenvalue weighted by atomic mass is 10.1. The number of hydrogen-bond acceptors (Lipinski definition) is 4. The van der Waals surface area contributed by atoms with Crippen LogP contribution in [-0.2, 0) is 6.42 Å². The van der Waals surface area contributed by atoms with Gasteiger partial charge < -0.3 is 10.0 Å². The molecular formula is C14H23N3O3. The summed E-state index contributed by atoms with van der Waals surface area (Å²) >= 11 is 0. The SMILES string of the molecule is CCc1c(O)n(C(C)CN2CCCCC2)c(=O)[nH]c1=O. The molecule has 1 atom stereocenters. The molecule has 112 valence electrons. The molecule has 0 bridgehead atoms. The third-order valence-electron chi connectivity index (χ3n) is 3.98. The van der Waals surface area contributed by atoms with Crippen LogP contribution < -0.4 is 11.2 Å². The molecule has 1 aliphatic heterocycles. The predicted molar refractivity (Wildman–Crippen MR) is 77.4 cm³/mol. The van der Waals surface area contributed by atoms with Gasteiger partial charge in [0.05, 0.1) is 11.6 Å². The van der Waals surface area contributed by atoms with Gasteiger partial charge in [0, 0.05) is 6.54 Å². The first kappa shape index (κ1) is 14.8. The molecule has 2 heterocycles. The van der Waals surface area contributed by atoms with Crippen molar-refractivity contribution in [3.63, 3.8) is 0 Å². The van der Waals surface area contributed by atoms with E-state index in [4.69, 9.17) is 0 Å². The molecule has 1 fully saturated rings. The van der Waals surface area contributed by atoms with Crippen molar-refractivity contribution in [1.82, 2.24) is 14.5 Å². The van der Waals surface area contributed by atoms with Crippen LogP contribution in [0.4, 0.5) is 0 Å². The first-order chi connectivity index (χ1) is 9.54. The van der Waals surface area contributed by atoms with E-state index >= 15 is 0 Å². The number of piperidine rings is 1. The monoisotopic (exact) mass is 281 g/mol. The third kappa shape index (κ3) is 2.95. The Labute approximate surface area is 118 Å². The van der Waals surface area contributed by atoms with Crippen LogP contribution in [0.1, 0.15) is 44.7 Å². The zero-order chi connectivity index (χ0) is 14.7. The van der Waals surface area contributed by atoms with Crippen LogP contribution in [-0.4, -0.2) is 39.2 Å². The summed E-state index contributed by atoms with van der Waals surface area (Å²) in [4.78, 5) is 28.2. The minimum atomic E-state index is -0.533. The Morgan fingerprint density at radius 3 is 2.50 bits per heavy atom. The Morgan fingerprint density at radius 1 is 1.25 bits per heavy atom. The van der Waals surface area contributed by atoms with Gasteiger partial charge in [-0.2, -0.15) is 0 Å². The average Bonchev–Trinajstić information content (AvgIpc) is 2.39. The Morgan fingerprint density at radius 2 is 1.90 bits per heavy atom. The summed E-state index contributed by atoms with van der Waals surface area (Å²) in [5.41, 5.74) is -0.749. The molecule has 0 saturated carbocycles. The van der Waals surface area contributed by atoms with Crippen molar-refractivity contribution < 1.29 is 5.11 Å². The summed E-state index contributed by atoms with van der Waals surface area (Å²) in [7, 11) is 0. The van der Waals surface area contributed by atoms with Gasteiger partial charge in [-0.25, -0.2) is 4.79 Å². The molecule has 1 saturated heterocycles. The van der Waals surface area contributed by atoms with Crippen LogP contribution in [0.3, 0.4) is 0 Å². The molecule has 2 N–H and O–H groups in total. The standard InChI is InChI=1S/C14H23N3O3/c1-3-11-12(18)15-14(20)17(13(11)19)10(2)9-16-7-5-4-6-8-16/h10,19H,3-9H2,1-2H3,(H,15,18,20). The summed E-state index contributed by atoms with van der Waals surface area (Å²) in [5.74, 6) is -0.189. The number of nitrogens with zero attached hydrogens (tertiary/aromatic N) is 2. The zero-order valence-electron chi connectivity index (χ0n) is 12.2. The van der Waals surface area contributed by atoms with E-state index in [-0.39, 0.29) is 17.5 Å². The summed E-state index contributed by atoms with van der Waals surface area (Å²) in [5, 5.41) is 10.2. The van der Waals surface area contributed by atoms with Gasteiger partial charge in [-0.3, -0.25) is 14.3 Å². The lowest BCUT2D eigenvalue weighted by Gasteiger charge is -2.30. The first-order valence-electron chi connectivity index (χ1n) is 7.33. The van der Waals surface area contributed by atoms with Crippen molar-refractivity contribution in [3.05, 3.63) is 26.4 Å². The van der Waals surface area contributed by atoms with E-state index in [1.54, 1.807) is 6.92 Å². The summed E-state index contributed by atoms with van der Waals surface area (Å²) in [6.07, 6.45) is 4.02. The van der Waals surface area contributed by atoms with E-state index in [0.29, 0.717) is 13.0 Å². The normalized spacial score (nSPS) is 18.1. The Bertz CT molecular complexity index is 570. The van der Waals surface area contributed by atoms with Crippen molar-refractivity contribution in [2.45, 2.75) is 45.6 Å². The van der Waals surface area contributed by atoms with E-state index in [2.05, 4.69) is 9.88 Å². The quantitative estimate of drug-likeness (QED) is 0.857. The zero-order valence-corrected chi connectivity index (χ0v) is 12.2. The van der Waals surface area contributed by atoms with E-state index in [9.17, 15) is 14.7 Å². The van der Waals surface area contributed by atoms with Gasteiger partial charge in [-0.15, -0.1) is 0 Å². The van der Waals surface area contributed by atoms with E-state index in [0.717, 1.165) is 13.1 Å². The molecular weight excluding hydrogens is 258 g/mol. The van der Waals surface area contributed by atoms with Crippen molar-refractivity contribution in [3.8, 4) is 5.88 Å². The number of aromatic nitrogens is 2. The Kier molecular flexibility index (Phi) is 4.65. The van der Waals surface area contributed by atoms with Crippen LogP contribution in [0.15, 0.2) is 9.59 Å². The van der Waals surface area contributed by atoms with Crippen LogP contribution >= 0.6 is 0 Å². The fourth-order valence-corrected chi connectivity index (χ4v) is 2.90. The smallest absolute Gasteiger partial charge is 0.331 e. The highest BCUT2D eigenvalue weighted by atomic mass is 16.3. The minimum Gasteiger partial charge on any atom is -0.494 e. The minimum absolute atomic E-state index is 0.164. The van der Waals surface area contributed by atoms with E-state index < -0.39 is 11.2 Å². The molecule has 1 aromatic heterocycles. The predicted octanol–water partition coefficient (Wildman–Crippen LogP) is 0.851. The van der Waals surface area contributed by atoms with E-state index in [1.807, 2.05) is 6.92 Å². The highest BCUT2D eigenvalue weighted by Gasteiger charge is 2.20. The number of hydrogen-bond donors (Lipinski definition) is 2. The van der Waals surface area contributed by atoms with Crippen LogP contribution in [0.2, 0.25) is 0 Å². The number of nitrogens with one attached hydrogen (secondary N) is 1. The van der Waals surface area contributed by atoms with Gasteiger partial charge in [0.25, 0.3) is 5.56 Å². The maximum Gasteiger partial charge on any atom is 0.331 e. The molecule has 1 unspecified atom stereocenters. The van der Waals surface area contributed by atoms with Crippen molar-refractivity contribution in [2.24, 2.45) is 0 Å². The maximum atomic E-state index is 11.9. The summed E-state index contributed by atoms with van der Waals surface area (Å²) in [6, 6.07) is -0.164. The second-order valence-electron chi connectivity index (χ2n) is 5.50. The van der Waals surface area contributed by atoms with Crippen LogP contribution in [0.5, 0.6) is 5.88 Å². The number of rotatable bonds is 4. The number of aromatic amines is 1. The van der Waals surface area contributed by atoms with Gasteiger partial charge in [-0.05, 0) is 39.3 Å². The average molecular weight is 281 g/mol. The van der Waals surface area contributed by atoms with Gasteiger partial charge in [-0.1, -0.05) is 13.3 Å². The number of aromatic hydroxyl groups is 1. The molecule has 0 radical (unpaired) electrons. The molecule has 1 aliphatic rings. The van der Waals surface area contributed by atoms with Gasteiger partial charge >= 0.3 is 5.69 Å². The van der Waals surface area contributed by atoms with Crippen molar-refractivity contribution in [2.75, 3.05) is 19.6 Å². The van der Waals surface area contributed by atoms with Crippen molar-refractivity contribution in [1.29, 1.82) is 0 Å². The van der Waals surface area contributed by atoms with Gasteiger partial charge in [0.1, 0.15) is 0 Å². The van der Waals surface area contributed by atoms with Crippen LogP contribution in [0, 0.1) is 0 Å². The Balaban J connectivity index is 2.27. The molecule has 1 aromatic rings. The molecule has 2 rings (SSSR count). The summed E-state index contributed by atoms with van der Waals surface area (Å²) < 4.78 is 1.30. The maximum absolute atomic E-state index is 11.9. The Hall–Kier alpha value is -1.56. The molecule has 6 nitrogen and oxygen atoms in total. The van der Waals surface area contributed by atoms with E-state index in [1.165, 1.54) is 23.8 Å². The molecule has 20 heavy (non-hydrogen) atoms. The number of H-pyrrole nitrogens is 1. The molecule has 6 heteroatoms. The number of likely N-dealkylation sites (tertiary alicyclic amines) is 1. The molecule has 0 amide bonds. The largest absolute Gasteiger partial charge is 0.494 e. The lowest BCUT2D eigenvalue weighted by Crippen LogP contribution is -2.39. The van der Waals surface area contributed by atoms with Crippen molar-refractivity contribution >= 4 is 0 Å². The molecule has 0 aromatic carbocycles. The summed E-state index contributed by atoms with van der Waals surface area (Å²) in [6.45, 7) is 6.46. The first-order valence-corrected chi connectivity index (χ1v) is 7.33. The third-order valence-corrected chi connectivity index (χ3v) is 3.98. The van der Waals surface area contributed by atoms with Gasteiger partial charge in [0.2, 0.25) is 5.88 Å². The highest BCUT2D eigenvalue weighted by Crippen LogP contribution is 2.18. The molecule has 0 spiro atoms. The fourth-order valence-electron chi connectivity index (χ4n) is 2.90. The molecule has 0 aliphatic carbocycles. The second-order valence-corrected chi connectivity index (χ2v) is 5.50. The topological polar surface area (TPSA) is 78.3 Å². The van der Waals surface area contributed by atoms with Crippen LogP contribution in [0.25, 0.3) is 0 Å². The lowest BCUT2D eigenvalue weighted by molar-refractivity contribution is 0.194. The highest BCUT2D eigenvalue weighted by molar-refractivity contribution is 5.23. The second kappa shape index (κ2) is 6.26. The fraction of sp³-hybridized carbons (Fsp3) is 0.714.